The van der Waals surface area contributed by atoms with Crippen LogP contribution in [0.3, 0.4) is 0 Å². The summed E-state index contributed by atoms with van der Waals surface area (Å²) in [6, 6.07) is 2.36. The van der Waals surface area contributed by atoms with Crippen molar-refractivity contribution in [3.8, 4) is 0 Å². The van der Waals surface area contributed by atoms with Gasteiger partial charge in [0, 0.05) is 25.7 Å². The molecular weight excluding hydrogens is 176 g/mol. The molecule has 1 rings (SSSR count). The third kappa shape index (κ3) is 2.42. The number of nitrogens with two attached hydrogens (primary N) is 1. The van der Waals surface area contributed by atoms with Crippen molar-refractivity contribution < 1.29 is 0 Å². The molecule has 1 heterocycles. The van der Waals surface area contributed by atoms with Gasteiger partial charge < -0.3 is 10.6 Å². The molecule has 0 atom stereocenters. The number of aryl methyl sites for hydroxylation is 1. The van der Waals surface area contributed by atoms with E-state index in [0.29, 0.717) is 12.6 Å². The Labute approximate surface area is 85.2 Å². The van der Waals surface area contributed by atoms with Gasteiger partial charge in [0.05, 0.1) is 5.69 Å². The van der Waals surface area contributed by atoms with E-state index in [4.69, 9.17) is 5.73 Å². The topological polar surface area (TPSA) is 55.0 Å². The Kier molecular flexibility index (Phi) is 3.41. The van der Waals surface area contributed by atoms with Crippen LogP contribution in [-0.4, -0.2) is 23.1 Å². The number of hydrogen-bond donors (Lipinski definition) is 1. The van der Waals surface area contributed by atoms with Crippen LogP contribution < -0.4 is 10.6 Å². The predicted molar refractivity (Wildman–Crippen MR) is 58.2 cm³/mol. The SMILES string of the molecule is Cc1nc(CN)cc(N(C)C(C)C)n1. The quantitative estimate of drug-likeness (QED) is 0.782. The maximum atomic E-state index is 5.56. The van der Waals surface area contributed by atoms with Crippen LogP contribution in [0.4, 0.5) is 5.82 Å². The van der Waals surface area contributed by atoms with Crippen LogP contribution in [0.1, 0.15) is 25.4 Å². The molecule has 0 aliphatic heterocycles. The maximum absolute atomic E-state index is 5.56. The summed E-state index contributed by atoms with van der Waals surface area (Å²) in [6.07, 6.45) is 0. The first-order chi connectivity index (χ1) is 6.54. The van der Waals surface area contributed by atoms with Gasteiger partial charge in [-0.25, -0.2) is 9.97 Å². The van der Waals surface area contributed by atoms with Gasteiger partial charge in [0.25, 0.3) is 0 Å². The summed E-state index contributed by atoms with van der Waals surface area (Å²) in [6.45, 7) is 6.60. The van der Waals surface area contributed by atoms with Crippen molar-refractivity contribution in [2.24, 2.45) is 5.73 Å². The molecule has 4 heteroatoms. The lowest BCUT2D eigenvalue weighted by Crippen LogP contribution is -2.27. The first kappa shape index (κ1) is 10.9. The van der Waals surface area contributed by atoms with Gasteiger partial charge in [-0.3, -0.25) is 0 Å². The monoisotopic (exact) mass is 194 g/mol. The van der Waals surface area contributed by atoms with E-state index in [0.717, 1.165) is 17.3 Å². The molecule has 0 spiro atoms. The molecule has 0 aromatic carbocycles. The van der Waals surface area contributed by atoms with Gasteiger partial charge in [0.15, 0.2) is 0 Å². The minimum atomic E-state index is 0.426. The van der Waals surface area contributed by atoms with Gasteiger partial charge in [0.1, 0.15) is 11.6 Å². The molecule has 0 fully saturated rings. The van der Waals surface area contributed by atoms with Crippen molar-refractivity contribution >= 4 is 5.82 Å². The van der Waals surface area contributed by atoms with E-state index in [1.165, 1.54) is 0 Å². The summed E-state index contributed by atoms with van der Waals surface area (Å²) >= 11 is 0. The minimum absolute atomic E-state index is 0.426. The van der Waals surface area contributed by atoms with Gasteiger partial charge in [-0.15, -0.1) is 0 Å². The molecule has 2 N–H and O–H groups in total. The van der Waals surface area contributed by atoms with Gasteiger partial charge in [-0.1, -0.05) is 0 Å². The Bertz CT molecular complexity index is 309. The van der Waals surface area contributed by atoms with Crippen molar-refractivity contribution in [3.63, 3.8) is 0 Å². The fourth-order valence-electron chi connectivity index (χ4n) is 1.16. The molecule has 0 bridgehead atoms. The Morgan fingerprint density at radius 1 is 1.43 bits per heavy atom. The molecule has 0 saturated carbocycles. The third-order valence-corrected chi connectivity index (χ3v) is 2.22. The van der Waals surface area contributed by atoms with E-state index < -0.39 is 0 Å². The lowest BCUT2D eigenvalue weighted by molar-refractivity contribution is 0.735. The highest BCUT2D eigenvalue weighted by molar-refractivity contribution is 5.39. The second-order valence-electron chi connectivity index (χ2n) is 3.67. The highest BCUT2D eigenvalue weighted by atomic mass is 15.2. The molecule has 0 saturated heterocycles. The zero-order chi connectivity index (χ0) is 10.7. The number of nitrogens with zero attached hydrogens (tertiary/aromatic N) is 3. The van der Waals surface area contributed by atoms with E-state index in [1.54, 1.807) is 0 Å². The Morgan fingerprint density at radius 2 is 2.07 bits per heavy atom. The van der Waals surface area contributed by atoms with Crippen LogP contribution in [0.2, 0.25) is 0 Å². The summed E-state index contributed by atoms with van der Waals surface area (Å²) < 4.78 is 0. The van der Waals surface area contributed by atoms with Crippen molar-refractivity contribution in [1.29, 1.82) is 0 Å². The summed E-state index contributed by atoms with van der Waals surface area (Å²) in [5, 5.41) is 0. The smallest absolute Gasteiger partial charge is 0.132 e. The second kappa shape index (κ2) is 4.37. The molecule has 78 valence electrons. The number of hydrogen-bond acceptors (Lipinski definition) is 4. The molecule has 4 nitrogen and oxygen atoms in total. The van der Waals surface area contributed by atoms with E-state index in [2.05, 4.69) is 28.7 Å². The largest absolute Gasteiger partial charge is 0.357 e. The molecule has 0 aliphatic rings. The Hall–Kier alpha value is -1.16. The third-order valence-electron chi connectivity index (χ3n) is 2.22. The summed E-state index contributed by atoms with van der Waals surface area (Å²) in [4.78, 5) is 10.7. The standard InChI is InChI=1S/C10H18N4/c1-7(2)14(4)10-5-9(6-11)12-8(3)13-10/h5,7H,6,11H2,1-4H3. The lowest BCUT2D eigenvalue weighted by Gasteiger charge is -2.23. The van der Waals surface area contributed by atoms with E-state index in [9.17, 15) is 0 Å². The number of rotatable bonds is 3. The van der Waals surface area contributed by atoms with Gasteiger partial charge in [-0.05, 0) is 20.8 Å². The summed E-state index contributed by atoms with van der Waals surface area (Å²) in [5.74, 6) is 1.71. The lowest BCUT2D eigenvalue weighted by atomic mass is 10.3. The molecule has 0 amide bonds. The van der Waals surface area contributed by atoms with E-state index in [1.807, 2.05) is 20.0 Å². The number of aromatic nitrogens is 2. The molecule has 14 heavy (non-hydrogen) atoms. The fourth-order valence-corrected chi connectivity index (χ4v) is 1.16. The molecular formula is C10H18N4. The van der Waals surface area contributed by atoms with Crippen molar-refractivity contribution in [2.45, 2.75) is 33.4 Å². The average molecular weight is 194 g/mol. The zero-order valence-electron chi connectivity index (χ0n) is 9.28. The predicted octanol–water partition coefficient (Wildman–Crippen LogP) is 1.09. The summed E-state index contributed by atoms with van der Waals surface area (Å²) in [5.41, 5.74) is 6.44. The highest BCUT2D eigenvalue weighted by Crippen LogP contribution is 2.13. The van der Waals surface area contributed by atoms with Crippen LogP contribution in [0, 0.1) is 6.92 Å². The molecule has 1 aromatic rings. The zero-order valence-corrected chi connectivity index (χ0v) is 9.28. The molecule has 0 aliphatic carbocycles. The van der Waals surface area contributed by atoms with Crippen LogP contribution in [0.25, 0.3) is 0 Å². The first-order valence-corrected chi connectivity index (χ1v) is 4.82. The average Bonchev–Trinajstić information content (AvgIpc) is 2.15. The van der Waals surface area contributed by atoms with E-state index in [-0.39, 0.29) is 0 Å². The normalized spacial score (nSPS) is 10.7. The van der Waals surface area contributed by atoms with Crippen molar-refractivity contribution in [2.75, 3.05) is 11.9 Å². The molecule has 0 unspecified atom stereocenters. The first-order valence-electron chi connectivity index (χ1n) is 4.82. The second-order valence-corrected chi connectivity index (χ2v) is 3.67. The minimum Gasteiger partial charge on any atom is -0.357 e. The summed E-state index contributed by atoms with van der Waals surface area (Å²) in [7, 11) is 2.02. The fraction of sp³-hybridized carbons (Fsp3) is 0.600. The van der Waals surface area contributed by atoms with E-state index >= 15 is 0 Å². The van der Waals surface area contributed by atoms with Gasteiger partial charge in [-0.2, -0.15) is 0 Å². The van der Waals surface area contributed by atoms with Crippen molar-refractivity contribution in [1.82, 2.24) is 9.97 Å². The van der Waals surface area contributed by atoms with Crippen LogP contribution in [-0.2, 0) is 6.54 Å². The highest BCUT2D eigenvalue weighted by Gasteiger charge is 2.08. The molecule has 0 radical (unpaired) electrons. The van der Waals surface area contributed by atoms with Crippen molar-refractivity contribution in [3.05, 3.63) is 17.6 Å². The van der Waals surface area contributed by atoms with Gasteiger partial charge >= 0.3 is 0 Å². The van der Waals surface area contributed by atoms with Crippen LogP contribution in [0.5, 0.6) is 0 Å². The van der Waals surface area contributed by atoms with Gasteiger partial charge in [0.2, 0.25) is 0 Å². The van der Waals surface area contributed by atoms with Crippen LogP contribution >= 0.6 is 0 Å². The van der Waals surface area contributed by atoms with Crippen LogP contribution in [0.15, 0.2) is 6.07 Å². The molecule has 1 aromatic heterocycles. The maximum Gasteiger partial charge on any atom is 0.132 e. The Balaban J connectivity index is 3.02. The Morgan fingerprint density at radius 3 is 2.57 bits per heavy atom. The number of anilines is 1.